The van der Waals surface area contributed by atoms with E-state index in [1.165, 1.54) is 32.1 Å². The van der Waals surface area contributed by atoms with Crippen LogP contribution in [0.15, 0.2) is 18.3 Å². The first-order valence-corrected chi connectivity index (χ1v) is 11.4. The minimum atomic E-state index is -0.0778. The molecular weight excluding hydrogens is 378 g/mol. The number of hydrogen-bond donors (Lipinski definition) is 1. The van der Waals surface area contributed by atoms with Gasteiger partial charge in [-0.05, 0) is 58.0 Å². The molecule has 2 heterocycles. The van der Waals surface area contributed by atoms with Gasteiger partial charge < -0.3 is 20.0 Å². The predicted octanol–water partition coefficient (Wildman–Crippen LogP) is 2.38. The molecule has 30 heavy (non-hydrogen) atoms. The van der Waals surface area contributed by atoms with Crippen molar-refractivity contribution in [3.8, 4) is 0 Å². The molecular formula is C23H37N5O2. The molecule has 1 aliphatic heterocycles. The molecule has 2 fully saturated rings. The smallest absolute Gasteiger partial charge is 0.252 e. The van der Waals surface area contributed by atoms with Crippen LogP contribution < -0.4 is 10.2 Å². The first kappa shape index (κ1) is 22.5. The number of amides is 2. The first-order chi connectivity index (χ1) is 14.5. The summed E-state index contributed by atoms with van der Waals surface area (Å²) in [7, 11) is 4.05. The standard InChI is InChI=1S/C23H37N5O2/c1-26(2)12-6-11-24-23(30)20-9-10-21(25-18-20)27-13-15-28(16-14-27)22(29)17-19-7-4-3-5-8-19/h9-10,18-19H,3-8,11-17H2,1-2H3,(H,24,30). The molecule has 7 nitrogen and oxygen atoms in total. The van der Waals surface area contributed by atoms with Gasteiger partial charge in [-0.1, -0.05) is 19.3 Å². The van der Waals surface area contributed by atoms with Crippen LogP contribution in [0.4, 0.5) is 5.82 Å². The zero-order valence-corrected chi connectivity index (χ0v) is 18.6. The third-order valence-electron chi connectivity index (χ3n) is 6.22. The van der Waals surface area contributed by atoms with Gasteiger partial charge in [0.1, 0.15) is 5.82 Å². The fraction of sp³-hybridized carbons (Fsp3) is 0.696. The SMILES string of the molecule is CN(C)CCCNC(=O)c1ccc(N2CCN(C(=O)CC3CCCCC3)CC2)nc1. The second kappa shape index (κ2) is 11.3. The zero-order chi connectivity index (χ0) is 21.3. The maximum atomic E-state index is 12.6. The number of hydrogen-bond acceptors (Lipinski definition) is 5. The van der Waals surface area contributed by atoms with Gasteiger partial charge in [-0.15, -0.1) is 0 Å². The topological polar surface area (TPSA) is 68.8 Å². The van der Waals surface area contributed by atoms with Crippen molar-refractivity contribution in [2.24, 2.45) is 5.92 Å². The molecule has 1 saturated carbocycles. The van der Waals surface area contributed by atoms with Crippen molar-refractivity contribution in [2.75, 3.05) is 58.3 Å². The molecule has 1 saturated heterocycles. The number of anilines is 1. The van der Waals surface area contributed by atoms with Crippen molar-refractivity contribution >= 4 is 17.6 Å². The van der Waals surface area contributed by atoms with Gasteiger partial charge in [0.25, 0.3) is 5.91 Å². The molecule has 0 atom stereocenters. The van der Waals surface area contributed by atoms with Gasteiger partial charge in [-0.3, -0.25) is 9.59 Å². The predicted molar refractivity (Wildman–Crippen MR) is 120 cm³/mol. The highest BCUT2D eigenvalue weighted by Crippen LogP contribution is 2.27. The second-order valence-corrected chi connectivity index (χ2v) is 8.89. The summed E-state index contributed by atoms with van der Waals surface area (Å²) in [6.07, 6.45) is 9.61. The molecule has 0 aromatic carbocycles. The molecule has 1 N–H and O–H groups in total. The Labute approximate surface area is 180 Å². The Balaban J connectivity index is 1.41. The Kier molecular flexibility index (Phi) is 8.49. The molecule has 0 bridgehead atoms. The van der Waals surface area contributed by atoms with Gasteiger partial charge in [0.2, 0.25) is 5.91 Å². The highest BCUT2D eigenvalue weighted by molar-refractivity contribution is 5.94. The van der Waals surface area contributed by atoms with Crippen molar-refractivity contribution < 1.29 is 9.59 Å². The summed E-state index contributed by atoms with van der Waals surface area (Å²) in [6, 6.07) is 3.75. The summed E-state index contributed by atoms with van der Waals surface area (Å²) < 4.78 is 0. The van der Waals surface area contributed by atoms with Crippen molar-refractivity contribution in [1.29, 1.82) is 0 Å². The maximum Gasteiger partial charge on any atom is 0.252 e. The van der Waals surface area contributed by atoms with Crippen molar-refractivity contribution in [3.05, 3.63) is 23.9 Å². The van der Waals surface area contributed by atoms with Gasteiger partial charge in [0.15, 0.2) is 0 Å². The Bertz CT molecular complexity index is 677. The number of aromatic nitrogens is 1. The highest BCUT2D eigenvalue weighted by Gasteiger charge is 2.25. The van der Waals surface area contributed by atoms with E-state index in [9.17, 15) is 9.59 Å². The number of nitrogens with one attached hydrogen (secondary N) is 1. The summed E-state index contributed by atoms with van der Waals surface area (Å²) in [5.74, 6) is 1.70. The van der Waals surface area contributed by atoms with E-state index < -0.39 is 0 Å². The highest BCUT2D eigenvalue weighted by atomic mass is 16.2. The van der Waals surface area contributed by atoms with Crippen LogP contribution in [0, 0.1) is 5.92 Å². The Hall–Kier alpha value is -2.15. The van der Waals surface area contributed by atoms with Crippen LogP contribution >= 0.6 is 0 Å². The van der Waals surface area contributed by atoms with Crippen molar-refractivity contribution in [3.63, 3.8) is 0 Å². The summed E-state index contributed by atoms with van der Waals surface area (Å²) in [5, 5.41) is 2.94. The van der Waals surface area contributed by atoms with E-state index in [0.717, 1.165) is 51.4 Å². The lowest BCUT2D eigenvalue weighted by atomic mass is 9.86. The molecule has 1 aromatic heterocycles. The molecule has 1 aliphatic carbocycles. The zero-order valence-electron chi connectivity index (χ0n) is 18.6. The summed E-state index contributed by atoms with van der Waals surface area (Å²) in [5.41, 5.74) is 0.588. The molecule has 0 unspecified atom stereocenters. The molecule has 3 rings (SSSR count). The first-order valence-electron chi connectivity index (χ1n) is 11.4. The van der Waals surface area contributed by atoms with Crippen molar-refractivity contribution in [2.45, 2.75) is 44.9 Å². The lowest BCUT2D eigenvalue weighted by Gasteiger charge is -2.36. The van der Waals surface area contributed by atoms with Crippen LogP contribution in [0.2, 0.25) is 0 Å². The molecule has 2 aliphatic rings. The van der Waals surface area contributed by atoms with E-state index >= 15 is 0 Å². The van der Waals surface area contributed by atoms with E-state index in [1.807, 2.05) is 31.1 Å². The lowest BCUT2D eigenvalue weighted by Crippen LogP contribution is -2.49. The lowest BCUT2D eigenvalue weighted by molar-refractivity contribution is -0.132. The third kappa shape index (κ3) is 6.69. The minimum absolute atomic E-state index is 0.0778. The quantitative estimate of drug-likeness (QED) is 0.660. The van der Waals surface area contributed by atoms with Crippen LogP contribution in [0.25, 0.3) is 0 Å². The van der Waals surface area contributed by atoms with Crippen LogP contribution in [0.5, 0.6) is 0 Å². The number of nitrogens with zero attached hydrogens (tertiary/aromatic N) is 4. The summed E-state index contributed by atoms with van der Waals surface area (Å²) in [4.78, 5) is 35.7. The Morgan fingerprint density at radius 1 is 1.10 bits per heavy atom. The van der Waals surface area contributed by atoms with E-state index in [4.69, 9.17) is 0 Å². The largest absolute Gasteiger partial charge is 0.353 e. The van der Waals surface area contributed by atoms with Crippen LogP contribution in [0.3, 0.4) is 0 Å². The van der Waals surface area contributed by atoms with Gasteiger partial charge in [0, 0.05) is 45.3 Å². The fourth-order valence-corrected chi connectivity index (χ4v) is 4.36. The van der Waals surface area contributed by atoms with Gasteiger partial charge in [-0.25, -0.2) is 4.98 Å². The summed E-state index contributed by atoms with van der Waals surface area (Å²) in [6.45, 7) is 4.70. The van der Waals surface area contributed by atoms with E-state index in [2.05, 4.69) is 20.1 Å². The number of carbonyl (C=O) groups excluding carboxylic acids is 2. The number of rotatable bonds is 8. The molecule has 1 aromatic rings. The fourth-order valence-electron chi connectivity index (χ4n) is 4.36. The summed E-state index contributed by atoms with van der Waals surface area (Å²) >= 11 is 0. The molecule has 0 spiro atoms. The Morgan fingerprint density at radius 2 is 1.83 bits per heavy atom. The van der Waals surface area contributed by atoms with E-state index in [-0.39, 0.29) is 5.91 Å². The molecule has 2 amide bonds. The van der Waals surface area contributed by atoms with E-state index in [1.54, 1.807) is 6.20 Å². The normalized spacial score (nSPS) is 18.0. The maximum absolute atomic E-state index is 12.6. The number of carbonyl (C=O) groups is 2. The average molecular weight is 416 g/mol. The number of pyridine rings is 1. The van der Waals surface area contributed by atoms with Gasteiger partial charge >= 0.3 is 0 Å². The van der Waals surface area contributed by atoms with Gasteiger partial charge in [0.05, 0.1) is 5.56 Å². The number of piperazine rings is 1. The monoisotopic (exact) mass is 415 g/mol. The second-order valence-electron chi connectivity index (χ2n) is 8.89. The third-order valence-corrected chi connectivity index (χ3v) is 6.22. The van der Waals surface area contributed by atoms with E-state index in [0.29, 0.717) is 23.9 Å². The van der Waals surface area contributed by atoms with Gasteiger partial charge in [-0.2, -0.15) is 0 Å². The van der Waals surface area contributed by atoms with Crippen LogP contribution in [-0.4, -0.2) is 80.0 Å². The minimum Gasteiger partial charge on any atom is -0.353 e. The molecule has 0 radical (unpaired) electrons. The molecule has 7 heteroatoms. The average Bonchev–Trinajstić information content (AvgIpc) is 2.77. The molecule has 166 valence electrons. The Morgan fingerprint density at radius 3 is 2.47 bits per heavy atom. The van der Waals surface area contributed by atoms with Crippen LogP contribution in [-0.2, 0) is 4.79 Å². The van der Waals surface area contributed by atoms with Crippen molar-refractivity contribution in [1.82, 2.24) is 20.1 Å². The van der Waals surface area contributed by atoms with Crippen LogP contribution in [0.1, 0.15) is 55.3 Å².